The number of anilines is 4. The van der Waals surface area contributed by atoms with Gasteiger partial charge in [-0.15, -0.1) is 0 Å². The summed E-state index contributed by atoms with van der Waals surface area (Å²) in [6, 6.07) is 11.5. The zero-order chi connectivity index (χ0) is 32.8. The van der Waals surface area contributed by atoms with Crippen LogP contribution in [0.4, 0.5) is 31.8 Å². The molecule has 0 saturated carbocycles. The van der Waals surface area contributed by atoms with Crippen molar-refractivity contribution in [1.82, 2.24) is 29.2 Å². The topological polar surface area (TPSA) is 122 Å². The number of benzene rings is 2. The predicted molar refractivity (Wildman–Crippen MR) is 174 cm³/mol. The molecule has 14 heteroatoms. The Hall–Kier alpha value is -5.63. The number of carbonyl (C=O) groups excluding carboxylic acids is 1. The molecule has 0 spiro atoms. The average molecular weight is 640 g/mol. The van der Waals surface area contributed by atoms with Crippen LogP contribution in [0.15, 0.2) is 78.4 Å². The molecular formula is C33H31F2N9O3. The molecule has 2 aromatic carbocycles. The summed E-state index contributed by atoms with van der Waals surface area (Å²) < 4.78 is 36.3. The Kier molecular flexibility index (Phi) is 7.64. The summed E-state index contributed by atoms with van der Waals surface area (Å²) in [5.74, 6) is -1.04. The highest BCUT2D eigenvalue weighted by molar-refractivity contribution is 6.01. The first kappa shape index (κ1) is 30.0. The zero-order valence-corrected chi connectivity index (χ0v) is 25.7. The highest BCUT2D eigenvalue weighted by Gasteiger charge is 2.39. The molecular weight excluding hydrogens is 608 g/mol. The van der Waals surface area contributed by atoms with Crippen LogP contribution in [0.2, 0.25) is 0 Å². The number of hydrogen-bond acceptors (Lipinski definition) is 9. The smallest absolute Gasteiger partial charge is 0.301 e. The molecule has 0 bridgehead atoms. The molecule has 0 aliphatic carbocycles. The maximum Gasteiger partial charge on any atom is 0.301 e. The van der Waals surface area contributed by atoms with Crippen molar-refractivity contribution in [3.05, 3.63) is 95.6 Å². The Bertz CT molecular complexity index is 2080. The van der Waals surface area contributed by atoms with E-state index in [9.17, 15) is 18.4 Å². The molecule has 2 aliphatic rings. The molecule has 7 rings (SSSR count). The van der Waals surface area contributed by atoms with E-state index in [2.05, 4.69) is 49.1 Å². The van der Waals surface area contributed by atoms with Crippen molar-refractivity contribution >= 4 is 40.0 Å². The van der Waals surface area contributed by atoms with Crippen LogP contribution in [0, 0.1) is 23.5 Å². The summed E-state index contributed by atoms with van der Waals surface area (Å²) in [5.41, 5.74) is 1.68. The van der Waals surface area contributed by atoms with Crippen molar-refractivity contribution in [2.24, 2.45) is 18.9 Å². The van der Waals surface area contributed by atoms with Gasteiger partial charge in [0.05, 0.1) is 11.4 Å². The molecule has 2 atom stereocenters. The highest BCUT2D eigenvalue weighted by Crippen LogP contribution is 2.38. The van der Waals surface area contributed by atoms with Crippen molar-refractivity contribution in [2.75, 3.05) is 48.8 Å². The number of rotatable bonds is 8. The number of carbonyl (C=O) groups is 1. The first-order valence-electron chi connectivity index (χ1n) is 15.0. The number of hydrogen-bond donors (Lipinski definition) is 2. The molecule has 0 radical (unpaired) electrons. The average Bonchev–Trinajstić information content (AvgIpc) is 3.73. The monoisotopic (exact) mass is 639 g/mol. The standard InChI is InChI=1S/C33H31F2N9O3/c1-4-30(45)38-25-13-23(6-7-26(25)43-17-20-15-41(2)16-21(20)18-43)37-33-36-14-19-11-28(47-27-8-5-22(34)12-24(27)35)32(46)44(31(19)39-33)29-9-10-42(3)40-29/h4-14,20-21H,1,15-18H2,2-3H3,(H,38,45)(H,36,37,39)/t20-,21+. The van der Waals surface area contributed by atoms with Crippen LogP contribution in [0.3, 0.4) is 0 Å². The van der Waals surface area contributed by atoms with E-state index in [4.69, 9.17) is 4.74 Å². The lowest BCUT2D eigenvalue weighted by Gasteiger charge is -2.24. The van der Waals surface area contributed by atoms with Gasteiger partial charge in [-0.2, -0.15) is 10.1 Å². The molecule has 0 unspecified atom stereocenters. The quantitative estimate of drug-likeness (QED) is 0.237. The molecule has 47 heavy (non-hydrogen) atoms. The minimum absolute atomic E-state index is 0.173. The molecule has 5 heterocycles. The van der Waals surface area contributed by atoms with E-state index in [1.54, 1.807) is 19.3 Å². The number of likely N-dealkylation sites (tertiary alicyclic amines) is 1. The van der Waals surface area contributed by atoms with Crippen LogP contribution in [-0.4, -0.2) is 68.3 Å². The van der Waals surface area contributed by atoms with Crippen LogP contribution in [0.1, 0.15) is 0 Å². The van der Waals surface area contributed by atoms with Crippen molar-refractivity contribution in [3.8, 4) is 17.3 Å². The van der Waals surface area contributed by atoms with Crippen LogP contribution in [0.25, 0.3) is 16.9 Å². The summed E-state index contributed by atoms with van der Waals surface area (Å²) in [6.07, 6.45) is 4.38. The lowest BCUT2D eigenvalue weighted by atomic mass is 10.0. The third-order valence-corrected chi connectivity index (χ3v) is 8.46. The SMILES string of the molecule is C=CC(=O)Nc1cc(Nc2ncc3cc(Oc4ccc(F)cc4F)c(=O)n(-c4ccn(C)n4)c3n2)ccc1N1C[C@H]2CN(C)C[C@H]2C1. The zero-order valence-electron chi connectivity index (χ0n) is 25.7. The molecule has 2 N–H and O–H groups in total. The van der Waals surface area contributed by atoms with E-state index in [0.717, 1.165) is 44.0 Å². The number of nitrogens with one attached hydrogen (secondary N) is 2. The van der Waals surface area contributed by atoms with Gasteiger partial charge >= 0.3 is 5.56 Å². The van der Waals surface area contributed by atoms with Crippen molar-refractivity contribution in [1.29, 1.82) is 0 Å². The lowest BCUT2D eigenvalue weighted by Crippen LogP contribution is -2.27. The van der Waals surface area contributed by atoms with E-state index in [1.165, 1.54) is 27.6 Å². The first-order chi connectivity index (χ1) is 22.6. The maximum absolute atomic E-state index is 14.4. The molecule has 2 saturated heterocycles. The number of fused-ring (bicyclic) bond motifs is 2. The number of amides is 1. The summed E-state index contributed by atoms with van der Waals surface area (Å²) in [7, 11) is 3.84. The predicted octanol–water partition coefficient (Wildman–Crippen LogP) is 4.45. The second-order valence-electron chi connectivity index (χ2n) is 11.8. The molecule has 2 fully saturated rings. The summed E-state index contributed by atoms with van der Waals surface area (Å²) in [4.78, 5) is 39.9. The fourth-order valence-electron chi connectivity index (χ4n) is 6.34. The van der Waals surface area contributed by atoms with Crippen molar-refractivity contribution in [2.45, 2.75) is 0 Å². The van der Waals surface area contributed by atoms with Gasteiger partial charge in [0.15, 0.2) is 28.8 Å². The summed E-state index contributed by atoms with van der Waals surface area (Å²) in [6.45, 7) is 7.49. The first-order valence-corrected chi connectivity index (χ1v) is 15.0. The van der Waals surface area contributed by atoms with Gasteiger partial charge in [0, 0.05) is 68.8 Å². The second-order valence-corrected chi connectivity index (χ2v) is 11.8. The molecule has 5 aromatic rings. The normalized spacial score (nSPS) is 17.6. The summed E-state index contributed by atoms with van der Waals surface area (Å²) in [5, 5.41) is 10.9. The maximum atomic E-state index is 14.4. The van der Waals surface area contributed by atoms with Gasteiger partial charge < -0.3 is 25.2 Å². The number of halogens is 2. The van der Waals surface area contributed by atoms with Gasteiger partial charge in [0.2, 0.25) is 11.9 Å². The molecule has 3 aromatic heterocycles. The Morgan fingerprint density at radius 2 is 1.81 bits per heavy atom. The van der Waals surface area contributed by atoms with Gasteiger partial charge in [-0.1, -0.05) is 6.58 Å². The van der Waals surface area contributed by atoms with E-state index in [1.807, 2.05) is 18.2 Å². The van der Waals surface area contributed by atoms with Gasteiger partial charge in [-0.25, -0.2) is 18.3 Å². The molecule has 12 nitrogen and oxygen atoms in total. The van der Waals surface area contributed by atoms with Crippen molar-refractivity contribution in [3.63, 3.8) is 0 Å². The van der Waals surface area contributed by atoms with Crippen LogP contribution < -0.4 is 25.8 Å². The molecule has 1 amide bonds. The number of aromatic nitrogens is 5. The summed E-state index contributed by atoms with van der Waals surface area (Å²) >= 11 is 0. The van der Waals surface area contributed by atoms with Gasteiger partial charge in [0.25, 0.3) is 0 Å². The van der Waals surface area contributed by atoms with Gasteiger partial charge in [-0.05, 0) is 61.4 Å². The Labute approximate surface area is 267 Å². The largest absolute Gasteiger partial charge is 0.448 e. The Balaban J connectivity index is 1.24. The minimum Gasteiger partial charge on any atom is -0.448 e. The van der Waals surface area contributed by atoms with Crippen LogP contribution in [-0.2, 0) is 11.8 Å². The molecule has 2 aliphatic heterocycles. The third kappa shape index (κ3) is 5.90. The van der Waals surface area contributed by atoms with Crippen LogP contribution >= 0.6 is 0 Å². The van der Waals surface area contributed by atoms with E-state index >= 15 is 0 Å². The molecule has 240 valence electrons. The number of pyridine rings is 1. The fourth-order valence-corrected chi connectivity index (χ4v) is 6.34. The highest BCUT2D eigenvalue weighted by atomic mass is 19.1. The Morgan fingerprint density at radius 3 is 2.51 bits per heavy atom. The Morgan fingerprint density at radius 1 is 1.02 bits per heavy atom. The second kappa shape index (κ2) is 11.9. The van der Waals surface area contributed by atoms with E-state index < -0.39 is 17.2 Å². The third-order valence-electron chi connectivity index (χ3n) is 8.46. The van der Waals surface area contributed by atoms with E-state index in [0.29, 0.717) is 34.7 Å². The van der Waals surface area contributed by atoms with Gasteiger partial charge in [-0.3, -0.25) is 14.3 Å². The fraction of sp³-hybridized carbons (Fsp3) is 0.242. The lowest BCUT2D eigenvalue weighted by molar-refractivity contribution is -0.111. The van der Waals surface area contributed by atoms with Gasteiger partial charge in [0.1, 0.15) is 5.82 Å². The number of nitrogens with zero attached hydrogens (tertiary/aromatic N) is 7. The minimum atomic E-state index is -0.959. The number of aryl methyl sites for hydroxylation is 1. The van der Waals surface area contributed by atoms with Crippen LogP contribution in [0.5, 0.6) is 11.5 Å². The number of ether oxygens (including phenoxy) is 1. The van der Waals surface area contributed by atoms with E-state index in [-0.39, 0.29) is 34.8 Å². The van der Waals surface area contributed by atoms with Crippen molar-refractivity contribution < 1.29 is 18.3 Å².